The van der Waals surface area contributed by atoms with E-state index in [0.29, 0.717) is 132 Å². The molecule has 2 saturated carbocycles. The molecule has 17 rings (SSSR count). The molecule has 0 saturated heterocycles. The number of hydrogen-bond donors (Lipinski definition) is 0. The van der Waals surface area contributed by atoms with Crippen molar-refractivity contribution >= 4 is 129 Å². The Morgan fingerprint density at radius 1 is 0.424 bits per heavy atom. The van der Waals surface area contributed by atoms with E-state index in [2.05, 4.69) is 149 Å². The van der Waals surface area contributed by atoms with E-state index in [9.17, 15) is 28.4 Å². The van der Waals surface area contributed by atoms with Crippen molar-refractivity contribution in [1.82, 2.24) is 97.2 Å². The van der Waals surface area contributed by atoms with Crippen LogP contribution in [0.4, 0.5) is 4.39 Å². The number of hydrogen-bond acceptors (Lipinski definition) is 16. The molecule has 0 radical (unpaired) electrons. The Balaban J connectivity index is 0.000000147. The van der Waals surface area contributed by atoms with Crippen molar-refractivity contribution in [2.24, 2.45) is 11.8 Å². The van der Waals surface area contributed by atoms with Crippen LogP contribution in [0, 0.1) is 17.7 Å². The molecular formula is C109H128Br2ClFN20O6. The van der Waals surface area contributed by atoms with E-state index in [4.69, 9.17) is 41.3 Å². The fourth-order valence-electron chi connectivity index (χ4n) is 18.0. The van der Waals surface area contributed by atoms with E-state index in [1.807, 2.05) is 171 Å². The van der Waals surface area contributed by atoms with E-state index in [1.54, 1.807) is 67.1 Å². The largest absolute Gasteiger partial charge is 0.496 e. The third-order valence-corrected chi connectivity index (χ3v) is 25.7. The maximum Gasteiger partial charge on any atom is 0.258 e. The van der Waals surface area contributed by atoms with E-state index in [0.717, 1.165) is 180 Å². The molecule has 15 aromatic rings. The molecule has 2 aliphatic carbocycles. The van der Waals surface area contributed by atoms with Gasteiger partial charge in [0.2, 0.25) is 0 Å². The number of carbonyl (C=O) groups excluding carboxylic acids is 5. The molecule has 139 heavy (non-hydrogen) atoms. The second-order valence-electron chi connectivity index (χ2n) is 35.9. The van der Waals surface area contributed by atoms with Crippen LogP contribution in [0.3, 0.4) is 0 Å². The van der Waals surface area contributed by atoms with Gasteiger partial charge in [-0.3, -0.25) is 24.0 Å². The zero-order valence-electron chi connectivity index (χ0n) is 81.5. The summed E-state index contributed by atoms with van der Waals surface area (Å²) in [5, 5.41) is 0.509. The number of imidazole rings is 5. The molecule has 0 N–H and O–H groups in total. The first-order valence-corrected chi connectivity index (χ1v) is 50.8. The number of benzene rings is 5. The highest BCUT2D eigenvalue weighted by Crippen LogP contribution is 2.37. The van der Waals surface area contributed by atoms with Gasteiger partial charge in [-0.05, 0) is 231 Å². The number of halogens is 4. The van der Waals surface area contributed by atoms with Crippen molar-refractivity contribution in [2.45, 2.75) is 223 Å². The maximum atomic E-state index is 13.7. The maximum absolute atomic E-state index is 13.7. The summed E-state index contributed by atoms with van der Waals surface area (Å²) in [6.45, 7) is 30.7. The topological polar surface area (TPSA) is 264 Å². The fraction of sp³-hybridized carbons (Fsp3) is 0.385. The number of aromatic nitrogens is 15. The average molecular weight is 2030 g/mol. The number of ether oxygens (including phenoxy) is 1. The van der Waals surface area contributed by atoms with E-state index < -0.39 is 0 Å². The standard InChI is InChI=1S/C23H26BrFN4O.C23H27BrN4O.C23H29ClN4O2.C20H24N4O.C20H22N4O/c1-15(2)13-28(23(30)16-9-10-19(25)18(24)12-16)14-21-27-20-8-5-11-26-22(20)29(21)17-6-3-4-7-17;1-16(2)14-27(23(29)17-9-11-18(24)12-10-17)15-21-26-20-8-5-13-25-22(20)28(21)19-6-3-4-7-19;1-4-6-7-14-27(23(29)18-15-17(24)10-11-20(18)30-3)16-21-26-19-9-8-12-25-22(19)28(21)13-5-2;2*1-3-13-23(20(25)16-9-6-5-7-10-16)15-18-22-17-11-8-12-21-19(17)24(18)14-4-2/h5,8-12,15,17H,3-4,6-7,13-14H2,1-2H3;5,8-13,16,19H,3-4,6-7,14-15H2,1-2H3;8-12,15H,4-7,13-14,16H2,1-3H3;5-12H,3-4,13-15H2,1-2H3;3,5-12H,1,4,13-15H2,2H3. The zero-order chi connectivity index (χ0) is 98.4. The number of pyridine rings is 5. The van der Waals surface area contributed by atoms with Gasteiger partial charge in [0.15, 0.2) is 28.2 Å². The van der Waals surface area contributed by atoms with Crippen LogP contribution in [-0.2, 0) is 52.4 Å². The van der Waals surface area contributed by atoms with Crippen molar-refractivity contribution in [1.29, 1.82) is 0 Å². The van der Waals surface area contributed by atoms with E-state index in [1.165, 1.54) is 37.8 Å². The van der Waals surface area contributed by atoms with Crippen LogP contribution in [0.15, 0.2) is 235 Å². The first-order chi connectivity index (χ1) is 67.5. The Morgan fingerprint density at radius 3 is 1.20 bits per heavy atom. The molecule has 0 atom stereocenters. The Morgan fingerprint density at radius 2 is 0.799 bits per heavy atom. The lowest BCUT2D eigenvalue weighted by Gasteiger charge is -2.26. The Labute approximate surface area is 836 Å². The van der Waals surface area contributed by atoms with Crippen molar-refractivity contribution in [3.05, 3.63) is 302 Å². The van der Waals surface area contributed by atoms with Gasteiger partial charge in [-0.25, -0.2) is 54.2 Å². The molecule has 26 nitrogen and oxygen atoms in total. The van der Waals surface area contributed by atoms with Gasteiger partial charge in [-0.2, -0.15) is 0 Å². The lowest BCUT2D eigenvalue weighted by molar-refractivity contribution is 0.0709. The number of aryl methyl sites for hydroxylation is 3. The predicted octanol–water partition coefficient (Wildman–Crippen LogP) is 24.3. The molecule has 0 unspecified atom stereocenters. The monoisotopic (exact) mass is 2020 g/mol. The van der Waals surface area contributed by atoms with Crippen molar-refractivity contribution in [2.75, 3.05) is 39.8 Å². The predicted molar refractivity (Wildman–Crippen MR) is 556 cm³/mol. The smallest absolute Gasteiger partial charge is 0.258 e. The summed E-state index contributed by atoms with van der Waals surface area (Å²) in [6.07, 6.45) is 27.0. The summed E-state index contributed by atoms with van der Waals surface area (Å²) in [7, 11) is 1.56. The van der Waals surface area contributed by atoms with Crippen LogP contribution in [-0.4, -0.2) is 167 Å². The molecule has 0 spiro atoms. The number of amides is 5. The average Bonchev–Trinajstić information content (AvgIpc) is 1.63. The Hall–Kier alpha value is -12.7. The first-order valence-electron chi connectivity index (χ1n) is 48.8. The summed E-state index contributed by atoms with van der Waals surface area (Å²) >= 11 is 12.8. The molecule has 728 valence electrons. The van der Waals surface area contributed by atoms with E-state index in [-0.39, 0.29) is 35.4 Å². The number of unbranched alkanes of at least 4 members (excludes halogenated alkanes) is 2. The van der Waals surface area contributed by atoms with Gasteiger partial charge >= 0.3 is 0 Å². The summed E-state index contributed by atoms with van der Waals surface area (Å²) in [5.41, 5.74) is 11.8. The summed E-state index contributed by atoms with van der Waals surface area (Å²) in [5.74, 6) is 5.05. The third kappa shape index (κ3) is 26.8. The molecule has 10 aromatic heterocycles. The first kappa shape index (κ1) is 104. The second kappa shape index (κ2) is 51.3. The molecule has 0 bridgehead atoms. The highest BCUT2D eigenvalue weighted by molar-refractivity contribution is 9.10. The Bertz CT molecular complexity index is 6590. The minimum absolute atomic E-state index is 0.0245. The number of fused-ring (bicyclic) bond motifs is 5. The molecule has 5 aromatic carbocycles. The van der Waals surface area contributed by atoms with Crippen LogP contribution in [0.2, 0.25) is 5.02 Å². The van der Waals surface area contributed by atoms with Crippen LogP contribution < -0.4 is 4.74 Å². The Kier molecular flexibility index (Phi) is 38.2. The van der Waals surface area contributed by atoms with Crippen LogP contribution in [0.5, 0.6) is 5.75 Å². The minimum Gasteiger partial charge on any atom is -0.496 e. The van der Waals surface area contributed by atoms with Gasteiger partial charge in [0.1, 0.15) is 68.3 Å². The number of methoxy groups -OCH3 is 1. The van der Waals surface area contributed by atoms with Crippen LogP contribution in [0.25, 0.3) is 55.8 Å². The van der Waals surface area contributed by atoms with Crippen molar-refractivity contribution in [3.8, 4) is 5.75 Å². The van der Waals surface area contributed by atoms with Gasteiger partial charge in [0, 0.05) is 127 Å². The zero-order valence-corrected chi connectivity index (χ0v) is 85.4. The molecule has 2 fully saturated rings. The molecule has 5 amide bonds. The second-order valence-corrected chi connectivity index (χ2v) is 38.2. The van der Waals surface area contributed by atoms with Gasteiger partial charge in [0.05, 0.1) is 49.9 Å². The highest BCUT2D eigenvalue weighted by atomic mass is 79.9. The molecule has 30 heteroatoms. The molecular weight excluding hydrogens is 1900 g/mol. The van der Waals surface area contributed by atoms with Gasteiger partial charge < -0.3 is 52.1 Å². The molecule has 10 heterocycles. The van der Waals surface area contributed by atoms with Crippen molar-refractivity contribution in [3.63, 3.8) is 0 Å². The summed E-state index contributed by atoms with van der Waals surface area (Å²) in [4.78, 5) is 122. The van der Waals surface area contributed by atoms with E-state index >= 15 is 0 Å². The SMILES string of the molecule is C=CCN(Cc1nc2cccnc2n1CCC)C(=O)c1ccccc1.CC(C)CN(Cc1nc2cccnc2n1C1CCCC1)C(=O)c1ccc(Br)cc1.CC(C)CN(Cc1nc2cccnc2n1C1CCCC1)C(=O)c1ccc(F)c(Br)c1.CCCCCN(Cc1nc2cccnc2n1CCC)C(=O)c1cc(Cl)ccc1OC.CCCN(Cc1nc2cccnc2n1CCC)C(=O)c1ccccc1. The fourth-order valence-corrected chi connectivity index (χ4v) is 18.8. The third-order valence-electron chi connectivity index (χ3n) is 24.3. The van der Waals surface area contributed by atoms with Gasteiger partial charge in [-0.1, -0.05) is 171 Å². The number of rotatable bonds is 36. The minimum atomic E-state index is -0.379. The van der Waals surface area contributed by atoms with Crippen LogP contribution in [0.1, 0.15) is 252 Å². The van der Waals surface area contributed by atoms with Crippen molar-refractivity contribution < 1.29 is 33.1 Å². The van der Waals surface area contributed by atoms with Crippen LogP contribution >= 0.6 is 43.5 Å². The number of nitrogens with zero attached hydrogens (tertiary/aromatic N) is 20. The lowest BCUT2D eigenvalue weighted by atomic mass is 10.1. The quantitative estimate of drug-likeness (QED) is 0.0261. The highest BCUT2D eigenvalue weighted by Gasteiger charge is 2.32. The normalized spacial score (nSPS) is 12.5. The van der Waals surface area contributed by atoms with Gasteiger partial charge in [0.25, 0.3) is 29.5 Å². The lowest BCUT2D eigenvalue weighted by Crippen LogP contribution is -2.35. The number of carbonyl (C=O) groups is 5. The van der Waals surface area contributed by atoms with Gasteiger partial charge in [-0.15, -0.1) is 6.58 Å². The molecule has 2 aliphatic rings. The molecule has 0 aliphatic heterocycles. The summed E-state index contributed by atoms with van der Waals surface area (Å²) < 4.78 is 31.2. The summed E-state index contributed by atoms with van der Waals surface area (Å²) in [6, 6.07) is 56.0.